The summed E-state index contributed by atoms with van der Waals surface area (Å²) in [4.78, 5) is 0. The molecule has 0 aliphatic carbocycles. The van der Waals surface area contributed by atoms with E-state index in [1.165, 1.54) is 5.56 Å². The second kappa shape index (κ2) is 7.83. The van der Waals surface area contributed by atoms with E-state index in [0.717, 1.165) is 34.4 Å². The molecule has 0 heterocycles. The van der Waals surface area contributed by atoms with Gasteiger partial charge in [0.2, 0.25) is 0 Å². The van der Waals surface area contributed by atoms with Gasteiger partial charge in [0.05, 0.1) is 5.02 Å². The second-order valence-electron chi connectivity index (χ2n) is 4.93. The lowest BCUT2D eigenvalue weighted by atomic mass is 10.1. The van der Waals surface area contributed by atoms with E-state index < -0.39 is 0 Å². The van der Waals surface area contributed by atoms with E-state index >= 15 is 0 Å². The van der Waals surface area contributed by atoms with Crippen LogP contribution in [0.4, 0.5) is 0 Å². The summed E-state index contributed by atoms with van der Waals surface area (Å²) in [5.41, 5.74) is 3.49. The molecule has 1 N–H and O–H groups in total. The van der Waals surface area contributed by atoms with Crippen LogP contribution in [0.2, 0.25) is 5.02 Å². The van der Waals surface area contributed by atoms with Crippen LogP contribution in [0.15, 0.2) is 40.9 Å². The number of benzene rings is 2. The highest BCUT2D eigenvalue weighted by Gasteiger charge is 2.06. The molecule has 0 bridgehead atoms. The minimum Gasteiger partial charge on any atom is -0.487 e. The SMILES string of the molecule is CCNCc1ccc(COc2cc(C)ccc2Cl)c(Br)c1. The fraction of sp³-hybridized carbons (Fsp3) is 0.294. The summed E-state index contributed by atoms with van der Waals surface area (Å²) in [6.45, 7) is 6.46. The number of hydrogen-bond acceptors (Lipinski definition) is 2. The molecule has 2 rings (SSSR count). The molecule has 112 valence electrons. The Balaban J connectivity index is 2.04. The van der Waals surface area contributed by atoms with Gasteiger partial charge < -0.3 is 10.1 Å². The van der Waals surface area contributed by atoms with Gasteiger partial charge in [-0.15, -0.1) is 0 Å². The number of halogens is 2. The number of hydrogen-bond donors (Lipinski definition) is 1. The van der Waals surface area contributed by atoms with E-state index in [1.54, 1.807) is 0 Å². The van der Waals surface area contributed by atoms with Crippen molar-refractivity contribution in [3.8, 4) is 5.75 Å². The summed E-state index contributed by atoms with van der Waals surface area (Å²) in [5, 5.41) is 3.95. The lowest BCUT2D eigenvalue weighted by Crippen LogP contribution is -2.11. The first-order valence-corrected chi connectivity index (χ1v) is 8.14. The Bertz CT molecular complexity index is 616. The normalized spacial score (nSPS) is 10.7. The van der Waals surface area contributed by atoms with Crippen LogP contribution >= 0.6 is 27.5 Å². The minimum absolute atomic E-state index is 0.491. The van der Waals surface area contributed by atoms with E-state index in [4.69, 9.17) is 16.3 Å². The van der Waals surface area contributed by atoms with E-state index in [0.29, 0.717) is 11.6 Å². The maximum atomic E-state index is 6.14. The smallest absolute Gasteiger partial charge is 0.138 e. The zero-order chi connectivity index (χ0) is 15.2. The largest absolute Gasteiger partial charge is 0.487 e. The Kier molecular flexibility index (Phi) is 6.09. The summed E-state index contributed by atoms with van der Waals surface area (Å²) in [6.07, 6.45) is 0. The molecular weight excluding hydrogens is 350 g/mol. The molecule has 0 unspecified atom stereocenters. The molecule has 0 aliphatic rings. The minimum atomic E-state index is 0.491. The molecule has 0 fully saturated rings. The second-order valence-corrected chi connectivity index (χ2v) is 6.19. The third-order valence-corrected chi connectivity index (χ3v) is 4.22. The van der Waals surface area contributed by atoms with Crippen molar-refractivity contribution in [1.82, 2.24) is 5.32 Å². The molecule has 0 amide bonds. The Morgan fingerprint density at radius 1 is 1.19 bits per heavy atom. The van der Waals surface area contributed by atoms with Gasteiger partial charge in [0.15, 0.2) is 0 Å². The van der Waals surface area contributed by atoms with Gasteiger partial charge in [-0.05, 0) is 42.8 Å². The number of ether oxygens (including phenoxy) is 1. The van der Waals surface area contributed by atoms with E-state index in [2.05, 4.69) is 46.4 Å². The molecule has 21 heavy (non-hydrogen) atoms. The predicted octanol–water partition coefficient (Wildman–Crippen LogP) is 5.10. The molecule has 2 aromatic rings. The average Bonchev–Trinajstić information content (AvgIpc) is 2.47. The Morgan fingerprint density at radius 2 is 2.00 bits per heavy atom. The first kappa shape index (κ1) is 16.3. The van der Waals surface area contributed by atoms with Crippen molar-refractivity contribution in [2.45, 2.75) is 27.0 Å². The number of aryl methyl sites for hydroxylation is 1. The Hall–Kier alpha value is -1.03. The molecule has 0 saturated carbocycles. The van der Waals surface area contributed by atoms with Crippen LogP contribution in [-0.4, -0.2) is 6.54 Å². The third kappa shape index (κ3) is 4.73. The third-order valence-electron chi connectivity index (χ3n) is 3.17. The molecule has 0 spiro atoms. The quantitative estimate of drug-likeness (QED) is 0.766. The van der Waals surface area contributed by atoms with Gasteiger partial charge in [0.25, 0.3) is 0 Å². The first-order chi connectivity index (χ1) is 10.1. The lowest BCUT2D eigenvalue weighted by molar-refractivity contribution is 0.305. The Labute approximate surface area is 139 Å². The van der Waals surface area contributed by atoms with Crippen molar-refractivity contribution < 1.29 is 4.74 Å². The molecule has 4 heteroatoms. The molecule has 2 nitrogen and oxygen atoms in total. The fourth-order valence-electron chi connectivity index (χ4n) is 1.96. The van der Waals surface area contributed by atoms with Crippen LogP contribution in [0.25, 0.3) is 0 Å². The topological polar surface area (TPSA) is 21.3 Å². The van der Waals surface area contributed by atoms with Crippen molar-refractivity contribution in [2.75, 3.05) is 6.54 Å². The summed E-state index contributed by atoms with van der Waals surface area (Å²) in [5.74, 6) is 0.722. The zero-order valence-corrected chi connectivity index (χ0v) is 14.6. The summed E-state index contributed by atoms with van der Waals surface area (Å²) in [6, 6.07) is 12.1. The van der Waals surface area contributed by atoms with Gasteiger partial charge in [0.1, 0.15) is 12.4 Å². The summed E-state index contributed by atoms with van der Waals surface area (Å²) >= 11 is 9.74. The molecule has 0 aromatic heterocycles. The van der Waals surface area contributed by atoms with Gasteiger partial charge in [-0.2, -0.15) is 0 Å². The zero-order valence-electron chi connectivity index (χ0n) is 12.2. The van der Waals surface area contributed by atoms with Crippen molar-refractivity contribution in [3.63, 3.8) is 0 Å². The van der Waals surface area contributed by atoms with Crippen LogP contribution in [0.1, 0.15) is 23.6 Å². The fourth-order valence-corrected chi connectivity index (χ4v) is 2.68. The van der Waals surface area contributed by atoms with Gasteiger partial charge in [0, 0.05) is 16.6 Å². The van der Waals surface area contributed by atoms with Crippen molar-refractivity contribution in [3.05, 3.63) is 62.6 Å². The molecular formula is C17H19BrClNO. The highest BCUT2D eigenvalue weighted by Crippen LogP contribution is 2.27. The van der Waals surface area contributed by atoms with Crippen LogP contribution in [0.3, 0.4) is 0 Å². The standard InChI is InChI=1S/C17H19BrClNO/c1-3-20-10-13-5-6-14(15(18)9-13)11-21-17-8-12(2)4-7-16(17)19/h4-9,20H,3,10-11H2,1-2H3. The van der Waals surface area contributed by atoms with E-state index in [9.17, 15) is 0 Å². The van der Waals surface area contributed by atoms with E-state index in [-0.39, 0.29) is 0 Å². The highest BCUT2D eigenvalue weighted by atomic mass is 79.9. The maximum absolute atomic E-state index is 6.14. The van der Waals surface area contributed by atoms with Crippen LogP contribution in [-0.2, 0) is 13.2 Å². The number of rotatable bonds is 6. The molecule has 0 saturated heterocycles. The Morgan fingerprint density at radius 3 is 2.71 bits per heavy atom. The van der Waals surface area contributed by atoms with Crippen LogP contribution < -0.4 is 10.1 Å². The van der Waals surface area contributed by atoms with Crippen molar-refractivity contribution >= 4 is 27.5 Å². The van der Waals surface area contributed by atoms with Gasteiger partial charge in [-0.3, -0.25) is 0 Å². The van der Waals surface area contributed by atoms with E-state index in [1.807, 2.05) is 25.1 Å². The van der Waals surface area contributed by atoms with Crippen molar-refractivity contribution in [1.29, 1.82) is 0 Å². The van der Waals surface area contributed by atoms with Gasteiger partial charge in [-0.1, -0.05) is 52.7 Å². The first-order valence-electron chi connectivity index (χ1n) is 6.97. The maximum Gasteiger partial charge on any atom is 0.138 e. The van der Waals surface area contributed by atoms with Crippen LogP contribution in [0.5, 0.6) is 5.75 Å². The van der Waals surface area contributed by atoms with Gasteiger partial charge >= 0.3 is 0 Å². The lowest BCUT2D eigenvalue weighted by Gasteiger charge is -2.11. The molecule has 2 aromatic carbocycles. The summed E-state index contributed by atoms with van der Waals surface area (Å²) < 4.78 is 6.89. The summed E-state index contributed by atoms with van der Waals surface area (Å²) in [7, 11) is 0. The molecule has 0 atom stereocenters. The number of nitrogens with one attached hydrogen (secondary N) is 1. The monoisotopic (exact) mass is 367 g/mol. The highest BCUT2D eigenvalue weighted by molar-refractivity contribution is 9.10. The van der Waals surface area contributed by atoms with Crippen molar-refractivity contribution in [2.24, 2.45) is 0 Å². The van der Waals surface area contributed by atoms with Gasteiger partial charge in [-0.25, -0.2) is 0 Å². The predicted molar refractivity (Wildman–Crippen MR) is 92.0 cm³/mol. The van der Waals surface area contributed by atoms with Crippen LogP contribution in [0, 0.1) is 6.92 Å². The average molecular weight is 369 g/mol. The molecule has 0 radical (unpaired) electrons. The molecule has 0 aliphatic heterocycles.